The highest BCUT2D eigenvalue weighted by Crippen LogP contribution is 2.35. The lowest BCUT2D eigenvalue weighted by molar-refractivity contribution is 0.176. The van der Waals surface area contributed by atoms with Gasteiger partial charge in [-0.05, 0) is 75.0 Å². The van der Waals surface area contributed by atoms with Crippen LogP contribution in [0.3, 0.4) is 0 Å². The highest BCUT2D eigenvalue weighted by atomic mass is 14.9. The Balaban J connectivity index is 2.13. The van der Waals surface area contributed by atoms with E-state index in [0.29, 0.717) is 6.04 Å². The predicted octanol–water partition coefficient (Wildman–Crippen LogP) is 4.90. The molecule has 0 heterocycles. The van der Waals surface area contributed by atoms with Crippen molar-refractivity contribution in [2.75, 3.05) is 6.54 Å². The van der Waals surface area contributed by atoms with Gasteiger partial charge in [-0.3, -0.25) is 0 Å². The second-order valence-corrected chi connectivity index (χ2v) is 7.48. The third-order valence-electron chi connectivity index (χ3n) is 5.19. The van der Waals surface area contributed by atoms with Gasteiger partial charge in [0.2, 0.25) is 0 Å². The monoisotopic (exact) mass is 287 g/mol. The zero-order valence-corrected chi connectivity index (χ0v) is 14.6. The molecule has 1 nitrogen and oxygen atoms in total. The van der Waals surface area contributed by atoms with Crippen molar-refractivity contribution in [2.45, 2.75) is 66.3 Å². The van der Waals surface area contributed by atoms with E-state index in [1.165, 1.54) is 42.4 Å². The topological polar surface area (TPSA) is 12.0 Å². The van der Waals surface area contributed by atoms with Gasteiger partial charge in [0.25, 0.3) is 0 Å². The van der Waals surface area contributed by atoms with E-state index in [2.05, 4.69) is 58.1 Å². The third-order valence-corrected chi connectivity index (χ3v) is 5.19. The van der Waals surface area contributed by atoms with Gasteiger partial charge < -0.3 is 5.32 Å². The molecule has 1 heteroatoms. The molecule has 0 spiro atoms. The van der Waals surface area contributed by atoms with Crippen LogP contribution < -0.4 is 5.32 Å². The molecule has 1 aromatic rings. The molecule has 118 valence electrons. The van der Waals surface area contributed by atoms with Gasteiger partial charge in [-0.25, -0.2) is 0 Å². The average Bonchev–Trinajstić information content (AvgIpc) is 2.41. The van der Waals surface area contributed by atoms with Crippen molar-refractivity contribution >= 4 is 0 Å². The van der Waals surface area contributed by atoms with E-state index < -0.39 is 0 Å². The summed E-state index contributed by atoms with van der Waals surface area (Å²) in [5.74, 6) is 2.61. The number of benzene rings is 1. The zero-order chi connectivity index (χ0) is 15.4. The largest absolute Gasteiger partial charge is 0.314 e. The van der Waals surface area contributed by atoms with E-state index in [0.717, 1.165) is 24.3 Å². The van der Waals surface area contributed by atoms with Gasteiger partial charge in [-0.2, -0.15) is 0 Å². The molecule has 1 aliphatic carbocycles. The Morgan fingerprint density at radius 3 is 2.38 bits per heavy atom. The van der Waals surface area contributed by atoms with Crippen LogP contribution in [-0.4, -0.2) is 12.6 Å². The Hall–Kier alpha value is -0.820. The van der Waals surface area contributed by atoms with Crippen molar-refractivity contribution in [3.63, 3.8) is 0 Å². The fourth-order valence-corrected chi connectivity index (χ4v) is 4.26. The number of likely N-dealkylation sites (N-methyl/N-ethyl adjacent to an activating group) is 1. The molecule has 1 aromatic carbocycles. The van der Waals surface area contributed by atoms with Crippen LogP contribution in [0.5, 0.6) is 0 Å². The Bertz CT molecular complexity index is 441. The predicted molar refractivity (Wildman–Crippen MR) is 92.8 cm³/mol. The lowest BCUT2D eigenvalue weighted by Crippen LogP contribution is -2.41. The smallest absolute Gasteiger partial charge is 0.0136 e. The van der Waals surface area contributed by atoms with Crippen LogP contribution >= 0.6 is 0 Å². The molecule has 0 amide bonds. The Labute approximate surface area is 131 Å². The molecule has 0 aliphatic heterocycles. The van der Waals surface area contributed by atoms with Crippen LogP contribution in [0.15, 0.2) is 18.2 Å². The summed E-state index contributed by atoms with van der Waals surface area (Å²) >= 11 is 0. The summed E-state index contributed by atoms with van der Waals surface area (Å²) in [6.07, 6.45) is 5.39. The Kier molecular flexibility index (Phi) is 5.87. The first-order valence-corrected chi connectivity index (χ1v) is 8.79. The summed E-state index contributed by atoms with van der Waals surface area (Å²) < 4.78 is 0. The number of hydrogen-bond acceptors (Lipinski definition) is 1. The molecule has 1 N–H and O–H groups in total. The van der Waals surface area contributed by atoms with Gasteiger partial charge in [0.15, 0.2) is 0 Å². The van der Waals surface area contributed by atoms with Crippen molar-refractivity contribution < 1.29 is 0 Å². The molecule has 3 atom stereocenters. The Morgan fingerprint density at radius 1 is 1.10 bits per heavy atom. The minimum absolute atomic E-state index is 0.640. The normalized spacial score (nSPS) is 27.6. The van der Waals surface area contributed by atoms with Crippen LogP contribution in [0.4, 0.5) is 0 Å². The molecule has 1 fully saturated rings. The van der Waals surface area contributed by atoms with E-state index >= 15 is 0 Å². The van der Waals surface area contributed by atoms with Crippen LogP contribution in [-0.2, 0) is 6.42 Å². The van der Waals surface area contributed by atoms with Crippen molar-refractivity contribution in [1.29, 1.82) is 0 Å². The maximum atomic E-state index is 3.79. The second kappa shape index (κ2) is 7.45. The van der Waals surface area contributed by atoms with Gasteiger partial charge in [0.1, 0.15) is 0 Å². The van der Waals surface area contributed by atoms with E-state index in [4.69, 9.17) is 0 Å². The van der Waals surface area contributed by atoms with Gasteiger partial charge in [-0.1, -0.05) is 44.5 Å². The third kappa shape index (κ3) is 4.57. The lowest BCUT2D eigenvalue weighted by Gasteiger charge is -2.37. The summed E-state index contributed by atoms with van der Waals surface area (Å²) in [5, 5.41) is 3.79. The minimum Gasteiger partial charge on any atom is -0.314 e. The number of hydrogen-bond donors (Lipinski definition) is 1. The maximum absolute atomic E-state index is 3.79. The van der Waals surface area contributed by atoms with Crippen LogP contribution in [0.1, 0.15) is 56.7 Å². The Morgan fingerprint density at radius 2 is 1.76 bits per heavy atom. The van der Waals surface area contributed by atoms with E-state index in [9.17, 15) is 0 Å². The van der Waals surface area contributed by atoms with Gasteiger partial charge >= 0.3 is 0 Å². The summed E-state index contributed by atoms with van der Waals surface area (Å²) in [4.78, 5) is 0. The van der Waals surface area contributed by atoms with Crippen LogP contribution in [0.25, 0.3) is 0 Å². The molecule has 1 saturated carbocycles. The molecule has 3 unspecified atom stereocenters. The van der Waals surface area contributed by atoms with Gasteiger partial charge in [-0.15, -0.1) is 0 Å². The number of nitrogens with one attached hydrogen (secondary N) is 1. The van der Waals surface area contributed by atoms with E-state index in [1.807, 2.05) is 0 Å². The summed E-state index contributed by atoms with van der Waals surface area (Å²) in [6.45, 7) is 12.6. The first-order chi connectivity index (χ1) is 9.99. The van der Waals surface area contributed by atoms with Crippen molar-refractivity contribution in [3.8, 4) is 0 Å². The molecule has 0 radical (unpaired) electrons. The van der Waals surface area contributed by atoms with E-state index in [1.54, 1.807) is 0 Å². The fourth-order valence-electron chi connectivity index (χ4n) is 4.26. The number of aryl methyl sites for hydroxylation is 2. The van der Waals surface area contributed by atoms with E-state index in [-0.39, 0.29) is 0 Å². The molecule has 0 aromatic heterocycles. The summed E-state index contributed by atoms with van der Waals surface area (Å²) in [6, 6.07) is 7.53. The molecular formula is C20H33N. The maximum Gasteiger partial charge on any atom is 0.0136 e. The van der Waals surface area contributed by atoms with Gasteiger partial charge in [0.05, 0.1) is 0 Å². The van der Waals surface area contributed by atoms with Crippen LogP contribution in [0.2, 0.25) is 0 Å². The summed E-state index contributed by atoms with van der Waals surface area (Å²) in [7, 11) is 0. The van der Waals surface area contributed by atoms with Gasteiger partial charge in [0, 0.05) is 6.04 Å². The fraction of sp³-hybridized carbons (Fsp3) is 0.700. The summed E-state index contributed by atoms with van der Waals surface area (Å²) in [5.41, 5.74) is 4.36. The van der Waals surface area contributed by atoms with Crippen molar-refractivity contribution in [1.82, 2.24) is 5.32 Å². The molecule has 21 heavy (non-hydrogen) atoms. The van der Waals surface area contributed by atoms with Crippen molar-refractivity contribution in [3.05, 3.63) is 34.9 Å². The lowest BCUT2D eigenvalue weighted by atomic mass is 9.72. The number of rotatable bonds is 5. The standard InChI is InChI=1S/C20H33N/c1-6-21-20(19-11-15(3)9-16(4)12-19)13-18-10-14(2)7-8-17(18)5/h7-8,10,15-16,19-21H,6,9,11-13H2,1-5H3. The SMILES string of the molecule is CCNC(Cc1cc(C)ccc1C)C1CC(C)CC(C)C1. The quantitative estimate of drug-likeness (QED) is 0.812. The van der Waals surface area contributed by atoms with Crippen LogP contribution in [0, 0.1) is 31.6 Å². The molecular weight excluding hydrogens is 254 g/mol. The first-order valence-electron chi connectivity index (χ1n) is 8.79. The first kappa shape index (κ1) is 16.5. The molecule has 0 bridgehead atoms. The molecule has 2 rings (SSSR count). The highest BCUT2D eigenvalue weighted by molar-refractivity contribution is 5.31. The second-order valence-electron chi connectivity index (χ2n) is 7.48. The zero-order valence-electron chi connectivity index (χ0n) is 14.6. The minimum atomic E-state index is 0.640. The molecule has 0 saturated heterocycles. The molecule has 1 aliphatic rings. The highest BCUT2D eigenvalue weighted by Gasteiger charge is 2.29. The average molecular weight is 287 g/mol. The van der Waals surface area contributed by atoms with Crippen molar-refractivity contribution in [2.24, 2.45) is 17.8 Å².